The zero-order valence-corrected chi connectivity index (χ0v) is 19.0. The van der Waals surface area contributed by atoms with Crippen LogP contribution in [0.25, 0.3) is 5.69 Å². The van der Waals surface area contributed by atoms with Crippen LogP contribution in [-0.4, -0.2) is 25.2 Å². The highest BCUT2D eigenvalue weighted by Gasteiger charge is 2.36. The molecule has 2 aromatic carbocycles. The molecule has 3 rings (SSSR count). The minimum absolute atomic E-state index is 0.198. The summed E-state index contributed by atoms with van der Waals surface area (Å²) in [5.41, 5.74) is 1.41. The van der Waals surface area contributed by atoms with E-state index in [1.807, 2.05) is 18.2 Å². The summed E-state index contributed by atoms with van der Waals surface area (Å²) in [4.78, 5) is 25.7. The number of benzene rings is 2. The summed E-state index contributed by atoms with van der Waals surface area (Å²) in [5, 5.41) is 5.89. The second-order valence-electron chi connectivity index (χ2n) is 6.54. The van der Waals surface area contributed by atoms with E-state index in [4.69, 9.17) is 46.4 Å². The Balaban J connectivity index is 1.95. The monoisotopic (exact) mass is 486 g/mol. The van der Waals surface area contributed by atoms with Crippen molar-refractivity contribution >= 4 is 58.0 Å². The van der Waals surface area contributed by atoms with Crippen LogP contribution in [0.5, 0.6) is 0 Å². The van der Waals surface area contributed by atoms with E-state index in [0.717, 1.165) is 0 Å². The number of alkyl halides is 3. The van der Waals surface area contributed by atoms with Crippen molar-refractivity contribution < 1.29 is 4.79 Å². The fraction of sp³-hybridized carbons (Fsp3) is 0.200. The van der Waals surface area contributed by atoms with E-state index in [9.17, 15) is 9.59 Å². The molecule has 0 aliphatic rings. The zero-order chi connectivity index (χ0) is 22.1. The lowest BCUT2D eigenvalue weighted by atomic mass is 10.2. The molecule has 2 N–H and O–H groups in total. The van der Waals surface area contributed by atoms with Gasteiger partial charge in [-0.05, 0) is 37.3 Å². The molecule has 6 nitrogen and oxygen atoms in total. The van der Waals surface area contributed by atoms with Crippen LogP contribution in [0.2, 0.25) is 5.02 Å². The van der Waals surface area contributed by atoms with Gasteiger partial charge >= 0.3 is 0 Å². The third-order valence-electron chi connectivity index (χ3n) is 4.53. The van der Waals surface area contributed by atoms with Gasteiger partial charge in [0.1, 0.15) is 11.9 Å². The van der Waals surface area contributed by atoms with Crippen molar-refractivity contribution in [1.82, 2.24) is 14.7 Å². The summed E-state index contributed by atoms with van der Waals surface area (Å²) >= 11 is 24.2. The summed E-state index contributed by atoms with van der Waals surface area (Å²) in [6.07, 6.45) is -1.19. The molecular formula is C20H18Cl4N4O2. The number of rotatable bonds is 5. The highest BCUT2D eigenvalue weighted by Crippen LogP contribution is 2.31. The maximum absolute atomic E-state index is 13.1. The molecule has 0 spiro atoms. The van der Waals surface area contributed by atoms with Crippen molar-refractivity contribution in [3.63, 3.8) is 0 Å². The predicted octanol–water partition coefficient (Wildman–Crippen LogP) is 4.68. The predicted molar refractivity (Wildman–Crippen MR) is 122 cm³/mol. The number of nitrogens with one attached hydrogen (secondary N) is 2. The smallest absolute Gasteiger partial charge is 0.295 e. The molecule has 0 saturated heterocycles. The van der Waals surface area contributed by atoms with Crippen LogP contribution in [0.1, 0.15) is 16.1 Å². The number of hydrogen-bond donors (Lipinski definition) is 2. The van der Waals surface area contributed by atoms with Crippen LogP contribution < -0.4 is 16.2 Å². The third kappa shape index (κ3) is 4.78. The molecule has 0 unspecified atom stereocenters. The number of hydrogen-bond acceptors (Lipinski definition) is 3. The summed E-state index contributed by atoms with van der Waals surface area (Å²) in [5.74, 6) is -0.515. The van der Waals surface area contributed by atoms with Crippen LogP contribution >= 0.6 is 46.4 Å². The Morgan fingerprint density at radius 1 is 1.07 bits per heavy atom. The number of para-hydroxylation sites is 1. The molecule has 0 aliphatic carbocycles. The SMILES string of the molecule is Cc1c(N[C@H](NC(=O)c2cccc(Cl)c2)C(Cl)(Cl)Cl)c(=O)n(-c2ccccc2)n1C. The minimum Gasteiger partial charge on any atom is -0.356 e. The van der Waals surface area contributed by atoms with Crippen molar-refractivity contribution in [3.05, 3.63) is 81.2 Å². The summed E-state index contributed by atoms with van der Waals surface area (Å²) in [7, 11) is 1.74. The minimum atomic E-state index is -1.94. The van der Waals surface area contributed by atoms with Gasteiger partial charge in [-0.1, -0.05) is 70.7 Å². The van der Waals surface area contributed by atoms with Gasteiger partial charge in [0.25, 0.3) is 11.5 Å². The quantitative estimate of drug-likeness (QED) is 0.405. The van der Waals surface area contributed by atoms with Crippen LogP contribution in [0.4, 0.5) is 5.69 Å². The summed E-state index contributed by atoms with van der Waals surface area (Å²) in [6, 6.07) is 15.5. The molecule has 0 fully saturated rings. The molecule has 1 heterocycles. The number of halogens is 4. The van der Waals surface area contributed by atoms with Crippen molar-refractivity contribution in [3.8, 4) is 5.69 Å². The summed E-state index contributed by atoms with van der Waals surface area (Å²) in [6.45, 7) is 1.75. The van der Waals surface area contributed by atoms with E-state index in [-0.39, 0.29) is 16.8 Å². The van der Waals surface area contributed by atoms with Gasteiger partial charge < -0.3 is 10.6 Å². The molecule has 0 bridgehead atoms. The van der Waals surface area contributed by atoms with E-state index in [1.165, 1.54) is 10.7 Å². The highest BCUT2D eigenvalue weighted by molar-refractivity contribution is 6.68. The Hall–Kier alpha value is -2.12. The van der Waals surface area contributed by atoms with E-state index < -0.39 is 15.9 Å². The van der Waals surface area contributed by atoms with Gasteiger partial charge in [0.15, 0.2) is 0 Å². The number of anilines is 1. The Kier molecular flexibility index (Phi) is 6.72. The van der Waals surface area contributed by atoms with Crippen LogP contribution in [0.3, 0.4) is 0 Å². The molecule has 10 heteroatoms. The molecule has 30 heavy (non-hydrogen) atoms. The second kappa shape index (κ2) is 8.94. The first-order valence-electron chi connectivity index (χ1n) is 8.83. The van der Waals surface area contributed by atoms with Crippen molar-refractivity contribution in [2.75, 3.05) is 5.32 Å². The lowest BCUT2D eigenvalue weighted by Gasteiger charge is -2.27. The van der Waals surface area contributed by atoms with E-state index >= 15 is 0 Å². The molecule has 1 atom stereocenters. The zero-order valence-electron chi connectivity index (χ0n) is 16.0. The lowest BCUT2D eigenvalue weighted by Crippen LogP contribution is -2.49. The lowest BCUT2D eigenvalue weighted by molar-refractivity contribution is 0.0942. The maximum Gasteiger partial charge on any atom is 0.295 e. The fourth-order valence-electron chi connectivity index (χ4n) is 2.92. The number of carbonyl (C=O) groups is 1. The molecule has 158 valence electrons. The maximum atomic E-state index is 13.1. The molecule has 0 aliphatic heterocycles. The molecule has 0 radical (unpaired) electrons. The fourth-order valence-corrected chi connectivity index (χ4v) is 3.44. The van der Waals surface area contributed by atoms with Gasteiger partial charge in [-0.2, -0.15) is 0 Å². The first-order chi connectivity index (χ1) is 14.1. The standard InChI is InChI=1S/C20H18Cl4N4O2/c1-12-16(18(30)28(27(12)2)15-9-4-3-5-10-15)25-19(20(22,23)24)26-17(29)13-7-6-8-14(21)11-13/h3-11,19,25H,1-2H3,(H,26,29)/t19-/m1/s1. The molecule has 3 aromatic rings. The average Bonchev–Trinajstić information content (AvgIpc) is 2.90. The Labute approximate surface area is 193 Å². The van der Waals surface area contributed by atoms with Crippen LogP contribution in [0.15, 0.2) is 59.4 Å². The number of aromatic nitrogens is 2. The summed E-state index contributed by atoms with van der Waals surface area (Å²) < 4.78 is 1.21. The molecule has 1 amide bonds. The first kappa shape index (κ1) is 22.6. The van der Waals surface area contributed by atoms with Gasteiger partial charge in [0, 0.05) is 17.6 Å². The Morgan fingerprint density at radius 2 is 1.73 bits per heavy atom. The first-order valence-corrected chi connectivity index (χ1v) is 10.3. The van der Waals surface area contributed by atoms with Gasteiger partial charge in [-0.15, -0.1) is 0 Å². The van der Waals surface area contributed by atoms with Crippen molar-refractivity contribution in [1.29, 1.82) is 0 Å². The van der Waals surface area contributed by atoms with Crippen molar-refractivity contribution in [2.24, 2.45) is 7.05 Å². The van der Waals surface area contributed by atoms with E-state index in [2.05, 4.69) is 10.6 Å². The Morgan fingerprint density at radius 3 is 2.33 bits per heavy atom. The van der Waals surface area contributed by atoms with Crippen LogP contribution in [0, 0.1) is 6.92 Å². The third-order valence-corrected chi connectivity index (χ3v) is 5.42. The largest absolute Gasteiger partial charge is 0.356 e. The average molecular weight is 488 g/mol. The highest BCUT2D eigenvalue weighted by atomic mass is 35.6. The van der Waals surface area contributed by atoms with Gasteiger partial charge in [0.2, 0.25) is 3.79 Å². The topological polar surface area (TPSA) is 68.1 Å². The van der Waals surface area contributed by atoms with E-state index in [0.29, 0.717) is 16.4 Å². The van der Waals surface area contributed by atoms with Crippen LogP contribution in [-0.2, 0) is 7.05 Å². The van der Waals surface area contributed by atoms with Gasteiger partial charge in [-0.3, -0.25) is 14.3 Å². The van der Waals surface area contributed by atoms with Crippen molar-refractivity contribution in [2.45, 2.75) is 16.9 Å². The Bertz CT molecular complexity index is 1120. The second-order valence-corrected chi connectivity index (χ2v) is 9.34. The molecule has 0 saturated carbocycles. The molecule has 1 aromatic heterocycles. The van der Waals surface area contributed by atoms with Gasteiger partial charge in [0.05, 0.1) is 11.4 Å². The van der Waals surface area contributed by atoms with Gasteiger partial charge in [-0.25, -0.2) is 4.68 Å². The molecular weight excluding hydrogens is 470 g/mol. The number of nitrogens with zero attached hydrogens (tertiary/aromatic N) is 2. The number of amides is 1. The number of carbonyl (C=O) groups excluding carboxylic acids is 1. The van der Waals surface area contributed by atoms with E-state index in [1.54, 1.807) is 49.0 Å². The normalized spacial score (nSPS) is 12.5.